The van der Waals surface area contributed by atoms with Gasteiger partial charge in [0.1, 0.15) is 17.6 Å². The number of hydrogen-bond acceptors (Lipinski definition) is 4. The van der Waals surface area contributed by atoms with Crippen molar-refractivity contribution in [3.8, 4) is 11.8 Å². The first-order valence-electron chi connectivity index (χ1n) is 8.55. The molecule has 0 aliphatic carbocycles. The van der Waals surface area contributed by atoms with Crippen molar-refractivity contribution >= 4 is 21.8 Å². The second kappa shape index (κ2) is 8.51. The van der Waals surface area contributed by atoms with E-state index in [1.165, 1.54) is 12.1 Å². The van der Waals surface area contributed by atoms with Gasteiger partial charge < -0.3 is 9.64 Å². The number of ether oxygens (including phenoxy) is 1. The molecule has 1 unspecified atom stereocenters. The highest BCUT2D eigenvalue weighted by Gasteiger charge is 2.28. The fraction of sp³-hybridized carbons (Fsp3) is 0.300. The number of nitriles is 1. The van der Waals surface area contributed by atoms with E-state index in [0.29, 0.717) is 30.7 Å². The van der Waals surface area contributed by atoms with Gasteiger partial charge in [-0.1, -0.05) is 28.1 Å². The number of methoxy groups -OCH3 is 1. The van der Waals surface area contributed by atoms with Crippen LogP contribution in [-0.4, -0.2) is 49.0 Å². The Morgan fingerprint density at radius 1 is 1.19 bits per heavy atom. The summed E-state index contributed by atoms with van der Waals surface area (Å²) in [6.07, 6.45) is 0. The molecule has 0 saturated carbocycles. The first-order chi connectivity index (χ1) is 13.0. The van der Waals surface area contributed by atoms with E-state index in [-0.39, 0.29) is 11.5 Å². The molecule has 0 radical (unpaired) electrons. The van der Waals surface area contributed by atoms with E-state index >= 15 is 0 Å². The van der Waals surface area contributed by atoms with Crippen LogP contribution < -0.4 is 4.74 Å². The van der Waals surface area contributed by atoms with Crippen LogP contribution in [0.3, 0.4) is 0 Å². The third-order valence-corrected chi connectivity index (χ3v) is 5.18. The highest BCUT2D eigenvalue weighted by molar-refractivity contribution is 9.10. The topological polar surface area (TPSA) is 56.6 Å². The van der Waals surface area contributed by atoms with Gasteiger partial charge >= 0.3 is 0 Å². The zero-order chi connectivity index (χ0) is 19.4. The summed E-state index contributed by atoms with van der Waals surface area (Å²) in [4.78, 5) is 16.3. The molecule has 1 heterocycles. The van der Waals surface area contributed by atoms with Crippen molar-refractivity contribution in [3.63, 3.8) is 0 Å². The molecule has 5 nitrogen and oxygen atoms in total. The predicted octanol–water partition coefficient (Wildman–Crippen LogP) is 3.62. The summed E-state index contributed by atoms with van der Waals surface area (Å²) < 4.78 is 19.8. The second-order valence-corrected chi connectivity index (χ2v) is 7.17. The van der Waals surface area contributed by atoms with Crippen molar-refractivity contribution in [3.05, 3.63) is 63.9 Å². The van der Waals surface area contributed by atoms with E-state index in [0.717, 1.165) is 11.3 Å². The van der Waals surface area contributed by atoms with E-state index in [4.69, 9.17) is 4.74 Å². The van der Waals surface area contributed by atoms with Gasteiger partial charge in [-0.2, -0.15) is 5.26 Å². The molecule has 2 aromatic carbocycles. The standard InChI is InChI=1S/C20H19BrFN3O2/c1-27-16-5-2-14(3-6-16)19(13-23)24-8-10-25(11-9-24)20(26)17-7-4-15(21)12-18(17)22/h2-7,12,19H,8-11H2,1H3. The van der Waals surface area contributed by atoms with Crippen LogP contribution in [0.4, 0.5) is 4.39 Å². The first-order valence-corrected chi connectivity index (χ1v) is 9.34. The summed E-state index contributed by atoms with van der Waals surface area (Å²) in [5.74, 6) is -0.120. The van der Waals surface area contributed by atoms with E-state index in [1.807, 2.05) is 29.2 Å². The molecule has 1 aliphatic rings. The minimum Gasteiger partial charge on any atom is -0.497 e. The second-order valence-electron chi connectivity index (χ2n) is 6.26. The third-order valence-electron chi connectivity index (χ3n) is 4.68. The third kappa shape index (κ3) is 4.29. The fourth-order valence-corrected chi connectivity index (χ4v) is 3.50. The fourth-order valence-electron chi connectivity index (χ4n) is 3.17. The van der Waals surface area contributed by atoms with Crippen LogP contribution in [0.25, 0.3) is 0 Å². The number of hydrogen-bond donors (Lipinski definition) is 0. The van der Waals surface area contributed by atoms with Crippen molar-refractivity contribution in [2.45, 2.75) is 6.04 Å². The lowest BCUT2D eigenvalue weighted by Gasteiger charge is -2.37. The van der Waals surface area contributed by atoms with Gasteiger partial charge in [0.05, 0.1) is 18.7 Å². The molecule has 2 aromatic rings. The monoisotopic (exact) mass is 431 g/mol. The van der Waals surface area contributed by atoms with Gasteiger partial charge in [-0.05, 0) is 35.9 Å². The largest absolute Gasteiger partial charge is 0.497 e. The summed E-state index contributed by atoms with van der Waals surface area (Å²) in [6.45, 7) is 1.99. The van der Waals surface area contributed by atoms with Crippen molar-refractivity contribution in [2.75, 3.05) is 33.3 Å². The van der Waals surface area contributed by atoms with Crippen molar-refractivity contribution in [1.82, 2.24) is 9.80 Å². The molecule has 7 heteroatoms. The molecule has 1 amide bonds. The van der Waals surface area contributed by atoms with Gasteiger partial charge in [-0.25, -0.2) is 4.39 Å². The van der Waals surface area contributed by atoms with Gasteiger partial charge in [0.15, 0.2) is 0 Å². The average molecular weight is 432 g/mol. The normalized spacial score (nSPS) is 15.9. The molecule has 0 spiro atoms. The summed E-state index contributed by atoms with van der Waals surface area (Å²) in [6, 6.07) is 13.8. The lowest BCUT2D eigenvalue weighted by molar-refractivity contribution is 0.0602. The number of nitrogens with zero attached hydrogens (tertiary/aromatic N) is 3. The molecule has 1 atom stereocenters. The van der Waals surface area contributed by atoms with Crippen molar-refractivity contribution in [2.24, 2.45) is 0 Å². The highest BCUT2D eigenvalue weighted by atomic mass is 79.9. The summed E-state index contributed by atoms with van der Waals surface area (Å²) in [5.41, 5.74) is 0.954. The summed E-state index contributed by atoms with van der Waals surface area (Å²) in [7, 11) is 1.60. The van der Waals surface area contributed by atoms with Crippen molar-refractivity contribution in [1.29, 1.82) is 5.26 Å². The van der Waals surface area contributed by atoms with Crippen LogP contribution in [0.15, 0.2) is 46.9 Å². The molecular weight excluding hydrogens is 413 g/mol. The molecule has 27 heavy (non-hydrogen) atoms. The lowest BCUT2D eigenvalue weighted by Crippen LogP contribution is -2.49. The summed E-state index contributed by atoms with van der Waals surface area (Å²) >= 11 is 3.19. The lowest BCUT2D eigenvalue weighted by atomic mass is 10.1. The van der Waals surface area contributed by atoms with Crippen LogP contribution in [0.1, 0.15) is 22.0 Å². The van der Waals surface area contributed by atoms with Gasteiger partial charge in [0.2, 0.25) is 0 Å². The number of halogens is 2. The Labute approximate surface area is 166 Å². The van der Waals surface area contributed by atoms with E-state index < -0.39 is 11.9 Å². The van der Waals surface area contributed by atoms with E-state index in [2.05, 4.69) is 22.0 Å². The number of amides is 1. The first kappa shape index (κ1) is 19.3. The smallest absolute Gasteiger partial charge is 0.256 e. The zero-order valence-electron chi connectivity index (χ0n) is 14.9. The van der Waals surface area contributed by atoms with Gasteiger partial charge in [-0.15, -0.1) is 0 Å². The number of rotatable bonds is 4. The quantitative estimate of drug-likeness (QED) is 0.741. The van der Waals surface area contributed by atoms with E-state index in [9.17, 15) is 14.4 Å². The minimum absolute atomic E-state index is 0.0682. The van der Waals surface area contributed by atoms with Crippen LogP contribution in [0.5, 0.6) is 5.75 Å². The Balaban J connectivity index is 1.66. The average Bonchev–Trinajstić information content (AvgIpc) is 2.69. The minimum atomic E-state index is -0.537. The van der Waals surface area contributed by atoms with Crippen LogP contribution in [0.2, 0.25) is 0 Å². The Morgan fingerprint density at radius 3 is 2.41 bits per heavy atom. The number of carbonyl (C=O) groups is 1. The zero-order valence-corrected chi connectivity index (χ0v) is 16.4. The molecule has 1 aliphatic heterocycles. The molecular formula is C20H19BrFN3O2. The molecule has 0 aromatic heterocycles. The molecule has 0 N–H and O–H groups in total. The maximum atomic E-state index is 14.1. The number of carbonyl (C=O) groups excluding carboxylic acids is 1. The Morgan fingerprint density at radius 2 is 1.85 bits per heavy atom. The van der Waals surface area contributed by atoms with Crippen LogP contribution in [-0.2, 0) is 0 Å². The van der Waals surface area contributed by atoms with Gasteiger partial charge in [0, 0.05) is 30.7 Å². The number of benzene rings is 2. The Kier molecular flexibility index (Phi) is 6.09. The van der Waals surface area contributed by atoms with E-state index in [1.54, 1.807) is 18.1 Å². The molecule has 0 bridgehead atoms. The maximum absolute atomic E-state index is 14.1. The van der Waals surface area contributed by atoms with Crippen LogP contribution >= 0.6 is 15.9 Å². The van der Waals surface area contributed by atoms with Crippen molar-refractivity contribution < 1.29 is 13.9 Å². The molecule has 1 fully saturated rings. The summed E-state index contributed by atoms with van der Waals surface area (Å²) in [5, 5.41) is 9.62. The van der Waals surface area contributed by atoms with Crippen LogP contribution in [0, 0.1) is 17.1 Å². The Bertz CT molecular complexity index is 859. The maximum Gasteiger partial charge on any atom is 0.256 e. The molecule has 3 rings (SSSR count). The van der Waals surface area contributed by atoms with Gasteiger partial charge in [0.25, 0.3) is 5.91 Å². The Hall–Kier alpha value is -2.43. The predicted molar refractivity (Wildman–Crippen MR) is 103 cm³/mol. The molecule has 1 saturated heterocycles. The highest BCUT2D eigenvalue weighted by Crippen LogP contribution is 2.24. The number of piperazine rings is 1. The van der Waals surface area contributed by atoms with Gasteiger partial charge in [-0.3, -0.25) is 9.69 Å². The molecule has 140 valence electrons. The SMILES string of the molecule is COc1ccc(C(C#N)N2CCN(C(=O)c3ccc(Br)cc3F)CC2)cc1.